The third-order valence-electron chi connectivity index (χ3n) is 5.67. The molecule has 0 aliphatic rings. The summed E-state index contributed by atoms with van der Waals surface area (Å²) in [7, 11) is -8.10. The zero-order chi connectivity index (χ0) is 25.8. The summed E-state index contributed by atoms with van der Waals surface area (Å²) in [6, 6.07) is 28.8. The third kappa shape index (κ3) is 5.41. The Balaban J connectivity index is 1.98. The average Bonchev–Trinajstić information content (AvgIpc) is 2.88. The van der Waals surface area contributed by atoms with E-state index in [9.17, 15) is 17.2 Å². The predicted octanol–water partition coefficient (Wildman–Crippen LogP) is 5.59. The summed E-state index contributed by atoms with van der Waals surface area (Å²) in [6.07, 6.45) is 0. The van der Waals surface area contributed by atoms with Crippen LogP contribution in [-0.4, -0.2) is 15.0 Å². The number of nitrogens with one attached hydrogen (secondary N) is 1. The summed E-state index contributed by atoms with van der Waals surface area (Å²) in [5.41, 5.74) is 0.893. The number of para-hydroxylation sites is 1. The first-order valence-electron chi connectivity index (χ1n) is 11.1. The first-order valence-corrected chi connectivity index (χ1v) is 14.3. The fourth-order valence-corrected chi connectivity index (χ4v) is 8.71. The number of halogens is 2. The molecule has 0 aromatic heterocycles. The van der Waals surface area contributed by atoms with Gasteiger partial charge in [-0.25, -0.2) is 8.42 Å². The zero-order valence-electron chi connectivity index (χ0n) is 19.3. The molecule has 1 unspecified atom stereocenters. The van der Waals surface area contributed by atoms with E-state index in [0.717, 1.165) is 5.56 Å². The second-order valence-electron chi connectivity index (χ2n) is 8.08. The van der Waals surface area contributed by atoms with Crippen molar-refractivity contribution in [2.75, 3.05) is 0 Å². The summed E-state index contributed by atoms with van der Waals surface area (Å²) in [4.78, 5) is -0.0435. The first kappa shape index (κ1) is 25.8. The molecule has 0 fully saturated rings. The summed E-state index contributed by atoms with van der Waals surface area (Å²) >= 11 is 0. The molecule has 4 rings (SSSR count). The topological polar surface area (TPSA) is 72.5 Å². The van der Waals surface area contributed by atoms with E-state index in [1.54, 1.807) is 78.9 Å². The molecule has 186 valence electrons. The Morgan fingerprint density at radius 2 is 1.25 bits per heavy atom. The van der Waals surface area contributed by atoms with Crippen molar-refractivity contribution in [3.63, 3.8) is 0 Å². The monoisotopic (exact) mass is 527 g/mol. The Bertz CT molecular complexity index is 1420. The highest BCUT2D eigenvalue weighted by Crippen LogP contribution is 2.57. The van der Waals surface area contributed by atoms with Crippen molar-refractivity contribution in [3.05, 3.63) is 120 Å². The van der Waals surface area contributed by atoms with Crippen molar-refractivity contribution in [2.24, 2.45) is 0 Å². The molecule has 0 amide bonds. The summed E-state index contributed by atoms with van der Waals surface area (Å²) < 4.78 is 76.2. The highest BCUT2D eigenvalue weighted by atomic mass is 32.2. The van der Waals surface area contributed by atoms with Gasteiger partial charge in [-0.1, -0.05) is 96.6 Å². The first-order chi connectivity index (χ1) is 17.2. The Labute approximate surface area is 209 Å². The molecule has 0 bridgehead atoms. The van der Waals surface area contributed by atoms with Crippen molar-refractivity contribution in [2.45, 2.75) is 24.2 Å². The lowest BCUT2D eigenvalue weighted by molar-refractivity contribution is -0.0505. The number of rotatable bonds is 9. The van der Waals surface area contributed by atoms with E-state index in [-0.39, 0.29) is 16.2 Å². The highest BCUT2D eigenvalue weighted by molar-refractivity contribution is 7.90. The maximum atomic E-state index is 15.1. The number of sulfonamides is 1. The molecule has 36 heavy (non-hydrogen) atoms. The van der Waals surface area contributed by atoms with Crippen LogP contribution in [0.3, 0.4) is 0 Å². The van der Waals surface area contributed by atoms with Crippen LogP contribution < -0.4 is 20.1 Å². The fourth-order valence-electron chi connectivity index (χ4n) is 3.92. The SMILES string of the molecule is Cc1ccc(S(=O)(=O)NC(c2ccccc2OC(F)F)P(=O)(c2ccccc2)c2ccccc2)cc1. The van der Waals surface area contributed by atoms with Crippen molar-refractivity contribution in [1.29, 1.82) is 0 Å². The van der Waals surface area contributed by atoms with E-state index in [2.05, 4.69) is 4.72 Å². The Kier molecular flexibility index (Phi) is 7.69. The quantitative estimate of drug-likeness (QED) is 0.288. The second-order valence-corrected chi connectivity index (χ2v) is 12.7. The summed E-state index contributed by atoms with van der Waals surface area (Å²) in [6.45, 7) is -1.34. The molecule has 0 heterocycles. The van der Waals surface area contributed by atoms with Gasteiger partial charge in [-0.15, -0.1) is 0 Å². The number of hydrogen-bond acceptors (Lipinski definition) is 4. The number of hydrogen-bond donors (Lipinski definition) is 1. The maximum Gasteiger partial charge on any atom is 0.387 e. The molecule has 0 radical (unpaired) electrons. The van der Waals surface area contributed by atoms with Gasteiger partial charge in [0.1, 0.15) is 11.5 Å². The molecule has 5 nitrogen and oxygen atoms in total. The van der Waals surface area contributed by atoms with Gasteiger partial charge in [0.2, 0.25) is 10.0 Å². The maximum absolute atomic E-state index is 15.1. The second kappa shape index (κ2) is 10.7. The standard InChI is InChI=1S/C27H24F2NO4PS/c1-20-16-18-23(19-17-20)36(32,33)30-26(24-14-8-9-15-25(24)34-27(28)29)35(31,21-10-4-2-5-11-21)22-12-6-3-7-13-22/h2-19,26-27,30H,1H3. The molecule has 0 spiro atoms. The van der Waals surface area contributed by atoms with Crippen molar-refractivity contribution in [1.82, 2.24) is 4.72 Å². The minimum absolute atomic E-state index is 0.0320. The molecule has 0 aliphatic carbocycles. The number of aryl methyl sites for hydroxylation is 1. The van der Waals surface area contributed by atoms with Crippen LogP contribution >= 0.6 is 7.14 Å². The average molecular weight is 528 g/mol. The van der Waals surface area contributed by atoms with Crippen LogP contribution in [-0.2, 0) is 14.6 Å². The molecule has 9 heteroatoms. The predicted molar refractivity (Wildman–Crippen MR) is 137 cm³/mol. The Hall–Kier alpha value is -3.32. The summed E-state index contributed by atoms with van der Waals surface area (Å²) in [5, 5.41) is 0.722. The van der Waals surface area contributed by atoms with Gasteiger partial charge in [0.15, 0.2) is 7.14 Å². The van der Waals surface area contributed by atoms with Crippen molar-refractivity contribution < 1.29 is 26.5 Å². The number of ether oxygens (including phenoxy) is 1. The molecule has 1 atom stereocenters. The lowest BCUT2D eigenvalue weighted by Crippen LogP contribution is -2.34. The van der Waals surface area contributed by atoms with Crippen LogP contribution in [0.5, 0.6) is 5.75 Å². The molecule has 0 saturated heterocycles. The smallest absolute Gasteiger partial charge is 0.387 e. The van der Waals surface area contributed by atoms with Gasteiger partial charge in [0.05, 0.1) is 4.90 Å². The minimum Gasteiger partial charge on any atom is -0.434 e. The molecule has 0 aliphatic heterocycles. The van der Waals surface area contributed by atoms with Crippen LogP contribution in [0.15, 0.2) is 114 Å². The van der Waals surface area contributed by atoms with Crippen LogP contribution in [0.1, 0.15) is 16.9 Å². The van der Waals surface area contributed by atoms with Crippen LogP contribution in [0, 0.1) is 6.92 Å². The fraction of sp³-hybridized carbons (Fsp3) is 0.111. The highest BCUT2D eigenvalue weighted by Gasteiger charge is 2.42. The van der Waals surface area contributed by atoms with E-state index in [4.69, 9.17) is 4.74 Å². The molecule has 4 aromatic rings. The van der Waals surface area contributed by atoms with Gasteiger partial charge < -0.3 is 9.30 Å². The lowest BCUT2D eigenvalue weighted by atomic mass is 10.2. The van der Waals surface area contributed by atoms with Crippen molar-refractivity contribution >= 4 is 27.8 Å². The number of alkyl halides is 2. The molecular weight excluding hydrogens is 503 g/mol. The molecule has 4 aromatic carbocycles. The zero-order valence-corrected chi connectivity index (χ0v) is 21.0. The normalized spacial score (nSPS) is 12.9. The van der Waals surface area contributed by atoms with Gasteiger partial charge in [-0.3, -0.25) is 0 Å². The van der Waals surface area contributed by atoms with E-state index in [1.807, 2.05) is 6.92 Å². The van der Waals surface area contributed by atoms with Crippen LogP contribution in [0.2, 0.25) is 0 Å². The van der Waals surface area contributed by atoms with E-state index in [1.165, 1.54) is 30.3 Å². The summed E-state index contributed by atoms with van der Waals surface area (Å²) in [5.74, 6) is -1.71. The minimum atomic E-state index is -4.23. The van der Waals surface area contributed by atoms with Gasteiger partial charge >= 0.3 is 6.61 Å². The van der Waals surface area contributed by atoms with Gasteiger partial charge in [-0.05, 0) is 25.1 Å². The van der Waals surface area contributed by atoms with Crippen LogP contribution in [0.4, 0.5) is 8.78 Å². The van der Waals surface area contributed by atoms with Gasteiger partial charge in [-0.2, -0.15) is 13.5 Å². The van der Waals surface area contributed by atoms with Gasteiger partial charge in [0, 0.05) is 16.2 Å². The largest absolute Gasteiger partial charge is 0.434 e. The Morgan fingerprint density at radius 1 is 0.750 bits per heavy atom. The molecule has 0 saturated carbocycles. The molecule has 1 N–H and O–H groups in total. The third-order valence-corrected chi connectivity index (χ3v) is 10.5. The van der Waals surface area contributed by atoms with E-state index < -0.39 is 29.6 Å². The van der Waals surface area contributed by atoms with Crippen molar-refractivity contribution in [3.8, 4) is 5.75 Å². The van der Waals surface area contributed by atoms with Gasteiger partial charge in [0.25, 0.3) is 0 Å². The number of benzene rings is 4. The lowest BCUT2D eigenvalue weighted by Gasteiger charge is -2.31. The molecular formula is C27H24F2NO4PS. The van der Waals surface area contributed by atoms with E-state index >= 15 is 4.57 Å². The Morgan fingerprint density at radius 3 is 1.78 bits per heavy atom. The van der Waals surface area contributed by atoms with Crippen LogP contribution in [0.25, 0.3) is 0 Å². The van der Waals surface area contributed by atoms with E-state index in [0.29, 0.717) is 10.6 Å².